The van der Waals surface area contributed by atoms with Gasteiger partial charge < -0.3 is 13.6 Å². The van der Waals surface area contributed by atoms with Gasteiger partial charge in [-0.2, -0.15) is 0 Å². The van der Waals surface area contributed by atoms with E-state index >= 15 is 0 Å². The van der Waals surface area contributed by atoms with Gasteiger partial charge in [-0.25, -0.2) is 0 Å². The maximum absolute atomic E-state index is 6.35. The molecule has 0 fully saturated rings. The third-order valence-electron chi connectivity index (χ3n) is 10.8. The summed E-state index contributed by atoms with van der Waals surface area (Å²) >= 11 is 0. The molecular weight excluding hydrogens is 621 g/mol. The van der Waals surface area contributed by atoms with Crippen LogP contribution in [0, 0.1) is 0 Å². The summed E-state index contributed by atoms with van der Waals surface area (Å²) in [5.41, 5.74) is 14.2. The molecule has 1 aliphatic carbocycles. The van der Waals surface area contributed by atoms with E-state index in [2.05, 4.69) is 179 Å². The van der Waals surface area contributed by atoms with Crippen LogP contribution in [0.1, 0.15) is 17.7 Å². The van der Waals surface area contributed by atoms with Crippen LogP contribution in [0.25, 0.3) is 94.3 Å². The van der Waals surface area contributed by atoms with Gasteiger partial charge in [0, 0.05) is 49.9 Å². The van der Waals surface area contributed by atoms with E-state index in [0.29, 0.717) is 0 Å². The van der Waals surface area contributed by atoms with Crippen LogP contribution in [0.2, 0.25) is 0 Å². The number of hydrogen-bond acceptors (Lipinski definition) is 1. The third kappa shape index (κ3) is 4.31. The van der Waals surface area contributed by atoms with Gasteiger partial charge in [-0.1, -0.05) is 97.1 Å². The van der Waals surface area contributed by atoms with Crippen molar-refractivity contribution in [3.63, 3.8) is 0 Å². The van der Waals surface area contributed by atoms with E-state index in [1.54, 1.807) is 0 Å². The first kappa shape index (κ1) is 28.3. The molecule has 0 saturated heterocycles. The van der Waals surface area contributed by atoms with Gasteiger partial charge >= 0.3 is 0 Å². The van der Waals surface area contributed by atoms with Gasteiger partial charge in [0.1, 0.15) is 11.3 Å². The van der Waals surface area contributed by atoms with Gasteiger partial charge in [-0.05, 0) is 102 Å². The molecule has 0 aliphatic heterocycles. The van der Waals surface area contributed by atoms with E-state index in [9.17, 15) is 0 Å². The molecule has 3 heteroatoms. The second kappa shape index (κ2) is 11.0. The lowest BCUT2D eigenvalue weighted by Gasteiger charge is -2.10. The van der Waals surface area contributed by atoms with E-state index in [-0.39, 0.29) is 0 Å². The van der Waals surface area contributed by atoms with Crippen LogP contribution in [0.3, 0.4) is 0 Å². The minimum Gasteiger partial charge on any atom is -0.456 e. The number of allylic oxidation sites excluding steroid dienone is 1. The number of furan rings is 1. The average molecular weight is 653 g/mol. The maximum atomic E-state index is 6.35. The number of hydrogen-bond donors (Lipinski definition) is 0. The number of aryl methyl sites for hydroxylation is 1. The molecule has 0 bridgehead atoms. The molecule has 3 aromatic heterocycles. The van der Waals surface area contributed by atoms with E-state index in [0.717, 1.165) is 35.6 Å². The van der Waals surface area contributed by atoms with Crippen molar-refractivity contribution < 1.29 is 4.42 Å². The Labute approximate surface area is 294 Å². The molecule has 3 heterocycles. The maximum Gasteiger partial charge on any atom is 0.137 e. The molecule has 0 atom stereocenters. The van der Waals surface area contributed by atoms with Crippen LogP contribution in [0.15, 0.2) is 168 Å². The Morgan fingerprint density at radius 3 is 1.65 bits per heavy atom. The number of rotatable bonds is 4. The Morgan fingerprint density at radius 1 is 0.412 bits per heavy atom. The number of benzene rings is 7. The fourth-order valence-corrected chi connectivity index (χ4v) is 8.40. The molecule has 0 saturated carbocycles. The van der Waals surface area contributed by atoms with Crippen molar-refractivity contribution in [2.75, 3.05) is 0 Å². The van der Waals surface area contributed by atoms with Crippen molar-refractivity contribution in [3.8, 4) is 33.6 Å². The normalized spacial score (nSPS) is 12.9. The standard InChI is InChI=1S/C48H32N2O/c1-2-10-31(11-3-1)32-18-22-35(23-19-32)49-43-15-7-4-12-37(43)41-28-33(20-26-45(41)49)34-21-27-46-42(29-34)38-13-5-8-16-44(38)50(46)36-24-25-40-39-14-6-9-17-47(39)51-48(40)30-36/h1-5,7-13,15-30H,6,14H2. The molecule has 11 rings (SSSR count). The Balaban J connectivity index is 1.04. The lowest BCUT2D eigenvalue weighted by Crippen LogP contribution is -1.94. The number of fused-ring (bicyclic) bond motifs is 9. The van der Waals surface area contributed by atoms with Crippen LogP contribution in [-0.4, -0.2) is 9.13 Å². The zero-order valence-corrected chi connectivity index (χ0v) is 27.9. The largest absolute Gasteiger partial charge is 0.456 e. The minimum atomic E-state index is 0.950. The predicted molar refractivity (Wildman–Crippen MR) is 213 cm³/mol. The molecule has 240 valence electrons. The Hall–Kier alpha value is -6.58. The van der Waals surface area contributed by atoms with Gasteiger partial charge in [0.2, 0.25) is 0 Å². The number of aromatic nitrogens is 2. The second-order valence-electron chi connectivity index (χ2n) is 13.6. The zero-order chi connectivity index (χ0) is 33.5. The molecule has 0 radical (unpaired) electrons. The molecule has 0 amide bonds. The predicted octanol–water partition coefficient (Wildman–Crippen LogP) is 12.9. The van der Waals surface area contributed by atoms with Crippen LogP contribution in [-0.2, 0) is 6.42 Å². The van der Waals surface area contributed by atoms with Crippen molar-refractivity contribution >= 4 is 60.7 Å². The monoisotopic (exact) mass is 652 g/mol. The smallest absolute Gasteiger partial charge is 0.137 e. The summed E-state index contributed by atoms with van der Waals surface area (Å²) in [4.78, 5) is 0. The van der Waals surface area contributed by atoms with E-state index in [1.165, 1.54) is 76.8 Å². The number of para-hydroxylation sites is 2. The quantitative estimate of drug-likeness (QED) is 0.186. The highest BCUT2D eigenvalue weighted by atomic mass is 16.3. The fourth-order valence-electron chi connectivity index (χ4n) is 8.40. The van der Waals surface area contributed by atoms with Gasteiger partial charge in [-0.15, -0.1) is 0 Å². The Kier molecular flexibility index (Phi) is 6.08. The molecule has 7 aromatic carbocycles. The second-order valence-corrected chi connectivity index (χ2v) is 13.6. The summed E-state index contributed by atoms with van der Waals surface area (Å²) in [6.45, 7) is 0. The van der Waals surface area contributed by atoms with Crippen LogP contribution in [0.4, 0.5) is 0 Å². The highest BCUT2D eigenvalue weighted by Gasteiger charge is 2.19. The molecule has 0 spiro atoms. The molecular formula is C48H32N2O. The average Bonchev–Trinajstić information content (AvgIpc) is 3.85. The van der Waals surface area contributed by atoms with Crippen molar-refractivity contribution in [1.29, 1.82) is 0 Å². The molecule has 51 heavy (non-hydrogen) atoms. The first-order valence-electron chi connectivity index (χ1n) is 17.7. The number of nitrogens with zero attached hydrogens (tertiary/aromatic N) is 2. The summed E-state index contributed by atoms with van der Waals surface area (Å²) in [6, 6.07) is 57.5. The molecule has 1 aliphatic rings. The van der Waals surface area contributed by atoms with Crippen LogP contribution < -0.4 is 0 Å². The Morgan fingerprint density at radius 2 is 0.961 bits per heavy atom. The van der Waals surface area contributed by atoms with E-state index < -0.39 is 0 Å². The van der Waals surface area contributed by atoms with Gasteiger partial charge in [0.25, 0.3) is 0 Å². The van der Waals surface area contributed by atoms with Crippen molar-refractivity contribution in [1.82, 2.24) is 9.13 Å². The third-order valence-corrected chi connectivity index (χ3v) is 10.8. The van der Waals surface area contributed by atoms with Crippen molar-refractivity contribution in [3.05, 3.63) is 175 Å². The van der Waals surface area contributed by atoms with E-state index in [4.69, 9.17) is 4.42 Å². The lowest BCUT2D eigenvalue weighted by molar-refractivity contribution is 0.595. The van der Waals surface area contributed by atoms with Gasteiger partial charge in [-0.3, -0.25) is 0 Å². The van der Waals surface area contributed by atoms with Gasteiger partial charge in [0.05, 0.1) is 22.1 Å². The van der Waals surface area contributed by atoms with Crippen LogP contribution >= 0.6 is 0 Å². The first-order chi connectivity index (χ1) is 25.3. The summed E-state index contributed by atoms with van der Waals surface area (Å²) in [5, 5.41) is 6.22. The topological polar surface area (TPSA) is 23.0 Å². The Bertz CT molecular complexity index is 3010. The summed E-state index contributed by atoms with van der Waals surface area (Å²) in [6.07, 6.45) is 6.43. The molecule has 3 nitrogen and oxygen atoms in total. The molecule has 10 aromatic rings. The van der Waals surface area contributed by atoms with Crippen molar-refractivity contribution in [2.24, 2.45) is 0 Å². The summed E-state index contributed by atoms with van der Waals surface area (Å²) < 4.78 is 11.1. The fraction of sp³-hybridized carbons (Fsp3) is 0.0417. The zero-order valence-electron chi connectivity index (χ0n) is 27.9. The lowest BCUT2D eigenvalue weighted by atomic mass is 10.0. The van der Waals surface area contributed by atoms with E-state index in [1.807, 2.05) is 0 Å². The first-order valence-corrected chi connectivity index (χ1v) is 17.7. The molecule has 0 N–H and O–H groups in total. The summed E-state index contributed by atoms with van der Waals surface area (Å²) in [7, 11) is 0. The van der Waals surface area contributed by atoms with Crippen molar-refractivity contribution in [2.45, 2.75) is 12.8 Å². The minimum absolute atomic E-state index is 0.950. The molecule has 0 unspecified atom stereocenters. The summed E-state index contributed by atoms with van der Waals surface area (Å²) in [5.74, 6) is 1.00. The highest BCUT2D eigenvalue weighted by Crippen LogP contribution is 2.39. The SMILES string of the molecule is C1=Cc2oc3cc(-n4c5ccccc5c5cc(-c6ccc7c(c6)c6ccccc6n7-c6ccc(-c7ccccc7)cc6)ccc54)ccc3c2CC1. The highest BCUT2D eigenvalue weighted by molar-refractivity contribution is 6.13. The van der Waals surface area contributed by atoms with Gasteiger partial charge in [0.15, 0.2) is 0 Å². The van der Waals surface area contributed by atoms with Crippen LogP contribution in [0.5, 0.6) is 0 Å².